The highest BCUT2D eigenvalue weighted by Crippen LogP contribution is 2.16. The standard InChI is InChI=1S/C13H16N4O/c1-4-5-14-13(18)9-6-15-12-11(9)17-10(7-16-12)8(2)3/h6-7H,2,4-5H2,1,3H3,(H,14,18)(H,15,16). The molecule has 2 heterocycles. The van der Waals surface area contributed by atoms with E-state index < -0.39 is 0 Å². The quantitative estimate of drug-likeness (QED) is 0.865. The lowest BCUT2D eigenvalue weighted by Crippen LogP contribution is -2.23. The first-order valence-electron chi connectivity index (χ1n) is 5.91. The highest BCUT2D eigenvalue weighted by atomic mass is 16.1. The monoisotopic (exact) mass is 244 g/mol. The third kappa shape index (κ3) is 2.25. The van der Waals surface area contributed by atoms with Crippen molar-refractivity contribution in [2.45, 2.75) is 20.3 Å². The number of nitrogens with zero attached hydrogens (tertiary/aromatic N) is 2. The first-order valence-corrected chi connectivity index (χ1v) is 5.91. The predicted octanol–water partition coefficient (Wildman–Crippen LogP) is 2.13. The van der Waals surface area contributed by atoms with Crippen LogP contribution in [0.1, 0.15) is 36.3 Å². The summed E-state index contributed by atoms with van der Waals surface area (Å²) in [4.78, 5) is 23.5. The number of aromatic amines is 1. The Balaban J connectivity index is 2.42. The van der Waals surface area contributed by atoms with Gasteiger partial charge in [0.05, 0.1) is 17.5 Å². The van der Waals surface area contributed by atoms with Gasteiger partial charge >= 0.3 is 0 Å². The van der Waals surface area contributed by atoms with Crippen LogP contribution in [0.15, 0.2) is 19.0 Å². The van der Waals surface area contributed by atoms with Gasteiger partial charge in [-0.25, -0.2) is 9.97 Å². The Bertz CT molecular complexity index is 600. The van der Waals surface area contributed by atoms with Gasteiger partial charge < -0.3 is 10.3 Å². The summed E-state index contributed by atoms with van der Waals surface area (Å²) in [6, 6.07) is 0. The van der Waals surface area contributed by atoms with Crippen LogP contribution in [0, 0.1) is 0 Å². The molecule has 0 aliphatic rings. The van der Waals surface area contributed by atoms with E-state index >= 15 is 0 Å². The van der Waals surface area contributed by atoms with Gasteiger partial charge in [0.25, 0.3) is 5.91 Å². The van der Waals surface area contributed by atoms with Crippen LogP contribution < -0.4 is 5.32 Å². The molecule has 0 saturated carbocycles. The summed E-state index contributed by atoms with van der Waals surface area (Å²) < 4.78 is 0. The summed E-state index contributed by atoms with van der Waals surface area (Å²) in [6.07, 6.45) is 4.18. The zero-order valence-electron chi connectivity index (χ0n) is 10.6. The van der Waals surface area contributed by atoms with Gasteiger partial charge in [0, 0.05) is 12.7 Å². The number of hydrogen-bond donors (Lipinski definition) is 2. The van der Waals surface area contributed by atoms with Crippen molar-refractivity contribution in [1.29, 1.82) is 0 Å². The summed E-state index contributed by atoms with van der Waals surface area (Å²) in [7, 11) is 0. The molecule has 2 rings (SSSR count). The lowest BCUT2D eigenvalue weighted by Gasteiger charge is -2.02. The minimum absolute atomic E-state index is 0.128. The molecule has 2 aromatic heterocycles. The number of rotatable bonds is 4. The number of nitrogens with one attached hydrogen (secondary N) is 2. The van der Waals surface area contributed by atoms with Crippen LogP contribution in [0.2, 0.25) is 0 Å². The van der Waals surface area contributed by atoms with Gasteiger partial charge in [-0.3, -0.25) is 4.79 Å². The molecule has 0 aliphatic heterocycles. The maximum atomic E-state index is 11.9. The van der Waals surface area contributed by atoms with Crippen molar-refractivity contribution in [1.82, 2.24) is 20.3 Å². The fourth-order valence-corrected chi connectivity index (χ4v) is 1.60. The van der Waals surface area contributed by atoms with Crippen LogP contribution in [0.4, 0.5) is 0 Å². The fraction of sp³-hybridized carbons (Fsp3) is 0.308. The Morgan fingerprint density at radius 2 is 2.33 bits per heavy atom. The zero-order valence-corrected chi connectivity index (χ0v) is 10.6. The molecule has 0 radical (unpaired) electrons. The van der Waals surface area contributed by atoms with E-state index in [-0.39, 0.29) is 5.91 Å². The van der Waals surface area contributed by atoms with E-state index in [1.54, 1.807) is 12.4 Å². The molecule has 2 N–H and O–H groups in total. The van der Waals surface area contributed by atoms with E-state index in [0.717, 1.165) is 12.0 Å². The summed E-state index contributed by atoms with van der Waals surface area (Å²) >= 11 is 0. The Labute approximate surface area is 105 Å². The molecule has 0 bridgehead atoms. The van der Waals surface area contributed by atoms with Crippen LogP contribution >= 0.6 is 0 Å². The van der Waals surface area contributed by atoms with E-state index in [1.165, 1.54) is 0 Å². The maximum absolute atomic E-state index is 11.9. The normalized spacial score (nSPS) is 10.6. The van der Waals surface area contributed by atoms with Gasteiger partial charge in [0.2, 0.25) is 0 Å². The van der Waals surface area contributed by atoms with Crippen molar-refractivity contribution in [3.05, 3.63) is 30.2 Å². The van der Waals surface area contributed by atoms with Crippen molar-refractivity contribution < 1.29 is 4.79 Å². The second-order valence-electron chi connectivity index (χ2n) is 4.19. The molecule has 1 amide bonds. The number of H-pyrrole nitrogens is 1. The summed E-state index contributed by atoms with van der Waals surface area (Å²) in [5.41, 5.74) is 3.25. The first-order chi connectivity index (χ1) is 8.63. The molecule has 0 spiro atoms. The van der Waals surface area contributed by atoms with E-state index in [0.29, 0.717) is 29.0 Å². The number of hydrogen-bond acceptors (Lipinski definition) is 3. The largest absolute Gasteiger partial charge is 0.352 e. The van der Waals surface area contributed by atoms with Crippen molar-refractivity contribution in [2.24, 2.45) is 0 Å². The van der Waals surface area contributed by atoms with E-state index in [4.69, 9.17) is 0 Å². The first kappa shape index (κ1) is 12.3. The molecule has 0 fully saturated rings. The fourth-order valence-electron chi connectivity index (χ4n) is 1.60. The Morgan fingerprint density at radius 3 is 3.00 bits per heavy atom. The van der Waals surface area contributed by atoms with Crippen LogP contribution in [0.3, 0.4) is 0 Å². The number of carbonyl (C=O) groups excluding carboxylic acids is 1. The lowest BCUT2D eigenvalue weighted by molar-refractivity contribution is 0.0955. The minimum atomic E-state index is -0.128. The van der Waals surface area contributed by atoms with E-state index in [2.05, 4.69) is 26.8 Å². The molecule has 5 nitrogen and oxygen atoms in total. The van der Waals surface area contributed by atoms with Gasteiger partial charge in [-0.05, 0) is 18.9 Å². The molecule has 0 aliphatic carbocycles. The molecular formula is C13H16N4O. The molecular weight excluding hydrogens is 228 g/mol. The van der Waals surface area contributed by atoms with Crippen molar-refractivity contribution >= 4 is 22.6 Å². The summed E-state index contributed by atoms with van der Waals surface area (Å²) in [5.74, 6) is -0.128. The van der Waals surface area contributed by atoms with Crippen LogP contribution in [0.25, 0.3) is 16.7 Å². The smallest absolute Gasteiger partial charge is 0.255 e. The van der Waals surface area contributed by atoms with Gasteiger partial charge in [-0.1, -0.05) is 13.5 Å². The van der Waals surface area contributed by atoms with Crippen molar-refractivity contribution in [3.8, 4) is 0 Å². The average Bonchev–Trinajstić information content (AvgIpc) is 2.78. The lowest BCUT2D eigenvalue weighted by atomic mass is 10.2. The van der Waals surface area contributed by atoms with Crippen molar-refractivity contribution in [2.75, 3.05) is 6.54 Å². The third-order valence-corrected chi connectivity index (χ3v) is 2.60. The maximum Gasteiger partial charge on any atom is 0.255 e. The average molecular weight is 244 g/mol. The molecule has 0 saturated heterocycles. The third-order valence-electron chi connectivity index (χ3n) is 2.60. The SMILES string of the molecule is C=C(C)c1cnc2[nH]cc(C(=O)NCCC)c2n1. The second-order valence-corrected chi connectivity index (χ2v) is 4.19. The van der Waals surface area contributed by atoms with Crippen molar-refractivity contribution in [3.63, 3.8) is 0 Å². The minimum Gasteiger partial charge on any atom is -0.352 e. The zero-order chi connectivity index (χ0) is 13.1. The number of fused-ring (bicyclic) bond motifs is 1. The second kappa shape index (κ2) is 5.00. The van der Waals surface area contributed by atoms with E-state index in [9.17, 15) is 4.79 Å². The highest BCUT2D eigenvalue weighted by Gasteiger charge is 2.14. The highest BCUT2D eigenvalue weighted by molar-refractivity contribution is 6.04. The van der Waals surface area contributed by atoms with Gasteiger partial charge in [0.1, 0.15) is 5.52 Å². The van der Waals surface area contributed by atoms with Gasteiger partial charge in [-0.15, -0.1) is 0 Å². The molecule has 0 atom stereocenters. The number of carbonyl (C=O) groups is 1. The van der Waals surface area contributed by atoms with E-state index in [1.807, 2.05) is 13.8 Å². The topological polar surface area (TPSA) is 70.7 Å². The summed E-state index contributed by atoms with van der Waals surface area (Å²) in [6.45, 7) is 8.35. The number of allylic oxidation sites excluding steroid dienone is 1. The Hall–Kier alpha value is -2.17. The molecule has 2 aromatic rings. The number of amides is 1. The van der Waals surface area contributed by atoms with Gasteiger partial charge in [-0.2, -0.15) is 0 Å². The van der Waals surface area contributed by atoms with Crippen LogP contribution in [-0.2, 0) is 0 Å². The summed E-state index contributed by atoms with van der Waals surface area (Å²) in [5, 5.41) is 2.83. The Morgan fingerprint density at radius 1 is 1.56 bits per heavy atom. The van der Waals surface area contributed by atoms with Crippen LogP contribution in [0.5, 0.6) is 0 Å². The molecule has 94 valence electrons. The molecule has 0 aromatic carbocycles. The molecule has 5 heteroatoms. The molecule has 18 heavy (non-hydrogen) atoms. The van der Waals surface area contributed by atoms with Crippen LogP contribution in [-0.4, -0.2) is 27.4 Å². The predicted molar refractivity (Wildman–Crippen MR) is 71.2 cm³/mol. The number of aromatic nitrogens is 3. The molecule has 0 unspecified atom stereocenters. The van der Waals surface area contributed by atoms with Gasteiger partial charge in [0.15, 0.2) is 5.65 Å². The Kier molecular flexibility index (Phi) is 3.41.